The van der Waals surface area contributed by atoms with E-state index in [2.05, 4.69) is 57.5 Å². The van der Waals surface area contributed by atoms with E-state index in [4.69, 9.17) is 9.59 Å². The number of rotatable bonds is 4. The van der Waals surface area contributed by atoms with Crippen LogP contribution in [0.4, 0.5) is 9.59 Å². The standard InChI is InChI=1S/C8H18.2CH3NOS/c1-4-6-7-8(3)5-2;2*2-1(3)4/h8H,4-7H2,1-3H3;2*(H3,2,3,4). The lowest BCUT2D eigenvalue weighted by Crippen LogP contribution is -1.95. The Hall–Kier alpha value is -0.360. The average Bonchev–Trinajstić information content (AvgIpc) is 2.12. The molecule has 98 valence electrons. The SMILES string of the molecule is CCCCC(C)CC.NC(=O)S.NC(=O)S. The van der Waals surface area contributed by atoms with Crippen molar-refractivity contribution in [2.45, 2.75) is 46.5 Å². The summed E-state index contributed by atoms with van der Waals surface area (Å²) >= 11 is 6.21. The predicted octanol–water partition coefficient (Wildman–Crippen LogP) is 3.21. The van der Waals surface area contributed by atoms with Crippen molar-refractivity contribution in [3.63, 3.8) is 0 Å². The summed E-state index contributed by atoms with van der Waals surface area (Å²) in [6.07, 6.45) is 5.53. The van der Waals surface area contributed by atoms with E-state index in [1.54, 1.807) is 0 Å². The van der Waals surface area contributed by atoms with Gasteiger partial charge in [-0.2, -0.15) is 0 Å². The van der Waals surface area contributed by atoms with Crippen LogP contribution in [0.15, 0.2) is 0 Å². The lowest BCUT2D eigenvalue weighted by molar-refractivity contribution is 0.266. The van der Waals surface area contributed by atoms with Gasteiger partial charge in [0.25, 0.3) is 10.5 Å². The van der Waals surface area contributed by atoms with Crippen LogP contribution in [0.2, 0.25) is 0 Å². The molecule has 16 heavy (non-hydrogen) atoms. The highest BCUT2D eigenvalue weighted by Crippen LogP contribution is 2.09. The van der Waals surface area contributed by atoms with Crippen molar-refractivity contribution in [1.82, 2.24) is 0 Å². The number of thiol groups is 2. The molecule has 0 aromatic heterocycles. The van der Waals surface area contributed by atoms with Gasteiger partial charge in [-0.15, -0.1) is 0 Å². The van der Waals surface area contributed by atoms with Gasteiger partial charge >= 0.3 is 0 Å². The fraction of sp³-hybridized carbons (Fsp3) is 0.800. The number of carbonyl (C=O) groups is 2. The van der Waals surface area contributed by atoms with Gasteiger partial charge in [-0.3, -0.25) is 9.59 Å². The van der Waals surface area contributed by atoms with Crippen molar-refractivity contribution < 1.29 is 9.59 Å². The molecular formula is C10H24N2O2S2. The predicted molar refractivity (Wildman–Crippen MR) is 76.1 cm³/mol. The van der Waals surface area contributed by atoms with Crippen LogP contribution >= 0.6 is 25.3 Å². The van der Waals surface area contributed by atoms with Gasteiger partial charge in [0.1, 0.15) is 0 Å². The molecule has 0 saturated heterocycles. The topological polar surface area (TPSA) is 86.2 Å². The molecule has 0 aliphatic heterocycles. The fourth-order valence-electron chi connectivity index (χ4n) is 0.757. The minimum atomic E-state index is -0.639. The molecule has 0 aliphatic carbocycles. The van der Waals surface area contributed by atoms with Crippen molar-refractivity contribution in [1.29, 1.82) is 0 Å². The van der Waals surface area contributed by atoms with Crippen LogP contribution in [0.1, 0.15) is 46.5 Å². The summed E-state index contributed by atoms with van der Waals surface area (Å²) in [7, 11) is 0. The Morgan fingerprint density at radius 2 is 1.44 bits per heavy atom. The van der Waals surface area contributed by atoms with Gasteiger partial charge in [0.15, 0.2) is 0 Å². The fourth-order valence-corrected chi connectivity index (χ4v) is 0.757. The first kappa shape index (κ1) is 21.0. The summed E-state index contributed by atoms with van der Waals surface area (Å²) < 4.78 is 0. The van der Waals surface area contributed by atoms with Gasteiger partial charge in [0.05, 0.1) is 0 Å². The zero-order valence-corrected chi connectivity index (χ0v) is 12.1. The molecule has 1 atom stereocenters. The monoisotopic (exact) mass is 268 g/mol. The summed E-state index contributed by atoms with van der Waals surface area (Å²) in [6, 6.07) is 0. The summed E-state index contributed by atoms with van der Waals surface area (Å²) in [5.41, 5.74) is 8.67. The Bertz CT molecular complexity index is 158. The Morgan fingerprint density at radius 1 is 1.12 bits per heavy atom. The van der Waals surface area contributed by atoms with Crippen molar-refractivity contribution in [2.24, 2.45) is 17.4 Å². The maximum absolute atomic E-state index is 9.09. The number of unbranched alkanes of at least 4 members (excludes halogenated alkanes) is 1. The first-order valence-electron chi connectivity index (χ1n) is 5.24. The van der Waals surface area contributed by atoms with E-state index in [-0.39, 0.29) is 0 Å². The summed E-state index contributed by atoms with van der Waals surface area (Å²) in [5, 5.41) is -1.28. The van der Waals surface area contributed by atoms with Gasteiger partial charge in [-0.1, -0.05) is 71.7 Å². The van der Waals surface area contributed by atoms with Crippen LogP contribution in [0.25, 0.3) is 0 Å². The maximum Gasteiger partial charge on any atom is 0.273 e. The zero-order valence-electron chi connectivity index (χ0n) is 10.3. The van der Waals surface area contributed by atoms with Gasteiger partial charge in [0.2, 0.25) is 0 Å². The molecule has 0 rings (SSSR count). The lowest BCUT2D eigenvalue weighted by Gasteiger charge is -2.04. The van der Waals surface area contributed by atoms with Crippen molar-refractivity contribution >= 4 is 35.7 Å². The van der Waals surface area contributed by atoms with Crippen LogP contribution in [-0.2, 0) is 0 Å². The largest absolute Gasteiger partial charge is 0.361 e. The summed E-state index contributed by atoms with van der Waals surface area (Å²) in [4.78, 5) is 18.2. The Kier molecular flexibility index (Phi) is 22.4. The zero-order chi connectivity index (χ0) is 13.6. The summed E-state index contributed by atoms with van der Waals surface area (Å²) in [5.74, 6) is 0.954. The second-order valence-corrected chi connectivity index (χ2v) is 4.21. The number of primary amides is 2. The molecule has 0 fully saturated rings. The highest BCUT2D eigenvalue weighted by Gasteiger charge is 1.94. The molecular weight excluding hydrogens is 244 g/mol. The molecule has 0 aromatic carbocycles. The number of nitrogens with two attached hydrogens (primary N) is 2. The molecule has 4 N–H and O–H groups in total. The Balaban J connectivity index is -0.000000179. The van der Waals surface area contributed by atoms with E-state index in [9.17, 15) is 0 Å². The van der Waals surface area contributed by atoms with Crippen molar-refractivity contribution in [2.75, 3.05) is 0 Å². The molecule has 0 aromatic rings. The van der Waals surface area contributed by atoms with E-state index in [0.717, 1.165) is 5.92 Å². The van der Waals surface area contributed by atoms with Crippen LogP contribution < -0.4 is 11.5 Å². The maximum atomic E-state index is 9.09. The first-order chi connectivity index (χ1) is 7.27. The molecule has 6 heteroatoms. The van der Waals surface area contributed by atoms with Gasteiger partial charge in [-0.25, -0.2) is 0 Å². The minimum Gasteiger partial charge on any atom is -0.361 e. The highest BCUT2D eigenvalue weighted by molar-refractivity contribution is 7.96. The molecule has 4 nitrogen and oxygen atoms in total. The second kappa shape index (κ2) is 17.0. The third kappa shape index (κ3) is 68.5. The van der Waals surface area contributed by atoms with Crippen LogP contribution in [0.5, 0.6) is 0 Å². The molecule has 1 unspecified atom stereocenters. The lowest BCUT2D eigenvalue weighted by atomic mass is 10.0. The van der Waals surface area contributed by atoms with E-state index >= 15 is 0 Å². The number of carbonyl (C=O) groups excluding carboxylic acids is 2. The molecule has 0 spiro atoms. The molecule has 2 amide bonds. The quantitative estimate of drug-likeness (QED) is 0.590. The van der Waals surface area contributed by atoms with E-state index < -0.39 is 10.5 Å². The highest BCUT2D eigenvalue weighted by atomic mass is 32.1. The van der Waals surface area contributed by atoms with Gasteiger partial charge < -0.3 is 11.5 Å². The van der Waals surface area contributed by atoms with Gasteiger partial charge in [0, 0.05) is 0 Å². The number of hydrogen-bond acceptors (Lipinski definition) is 2. The molecule has 0 aliphatic rings. The summed E-state index contributed by atoms with van der Waals surface area (Å²) in [6.45, 7) is 6.85. The second-order valence-electron chi connectivity index (χ2n) is 3.33. The van der Waals surface area contributed by atoms with E-state index in [0.29, 0.717) is 0 Å². The van der Waals surface area contributed by atoms with Crippen LogP contribution in [-0.4, -0.2) is 10.5 Å². The average molecular weight is 268 g/mol. The molecule has 0 bridgehead atoms. The number of amides is 2. The van der Waals surface area contributed by atoms with Gasteiger partial charge in [-0.05, 0) is 5.92 Å². The van der Waals surface area contributed by atoms with Crippen LogP contribution in [0, 0.1) is 5.92 Å². The molecule has 0 saturated carbocycles. The van der Waals surface area contributed by atoms with Crippen LogP contribution in [0.3, 0.4) is 0 Å². The van der Waals surface area contributed by atoms with Crippen molar-refractivity contribution in [3.05, 3.63) is 0 Å². The smallest absolute Gasteiger partial charge is 0.273 e. The van der Waals surface area contributed by atoms with E-state index in [1.807, 2.05) is 0 Å². The first-order valence-corrected chi connectivity index (χ1v) is 6.14. The van der Waals surface area contributed by atoms with E-state index in [1.165, 1.54) is 25.7 Å². The normalized spacial score (nSPS) is 10.1. The number of hydrogen-bond donors (Lipinski definition) is 4. The Morgan fingerprint density at radius 3 is 1.62 bits per heavy atom. The Labute approximate surface area is 109 Å². The third-order valence-corrected chi connectivity index (χ3v) is 1.75. The third-order valence-electron chi connectivity index (χ3n) is 1.75. The molecule has 0 radical (unpaired) electrons. The minimum absolute atomic E-state index is 0.639. The van der Waals surface area contributed by atoms with Crippen molar-refractivity contribution in [3.8, 4) is 0 Å². The molecule has 0 heterocycles.